The molecule has 2 amide bonds. The second kappa shape index (κ2) is 7.95. The maximum Gasteiger partial charge on any atom is 0.310 e. The topological polar surface area (TPSA) is 95.5 Å². The Morgan fingerprint density at radius 2 is 1.88 bits per heavy atom. The number of carboxylic acid groups (broad SMARTS) is 1. The molecule has 6 heteroatoms. The number of hydrogen-bond acceptors (Lipinski definition) is 3. The van der Waals surface area contributed by atoms with Crippen molar-refractivity contribution in [3.8, 4) is 0 Å². The molecule has 1 aromatic carbocycles. The first-order valence-corrected chi connectivity index (χ1v) is 8.29. The van der Waals surface area contributed by atoms with Crippen molar-refractivity contribution >= 4 is 23.5 Å². The molecule has 1 aliphatic carbocycles. The number of anilines is 1. The molecule has 0 radical (unpaired) electrons. The van der Waals surface area contributed by atoms with E-state index < -0.39 is 17.9 Å². The third-order valence-corrected chi connectivity index (χ3v) is 4.54. The zero-order chi connectivity index (χ0) is 17.7. The molecule has 2 rings (SSSR count). The Kier molecular flexibility index (Phi) is 5.95. The van der Waals surface area contributed by atoms with Gasteiger partial charge in [-0.05, 0) is 43.4 Å². The maximum absolute atomic E-state index is 12.6. The highest BCUT2D eigenvalue weighted by Gasteiger charge is 2.31. The van der Waals surface area contributed by atoms with Crippen LogP contribution >= 0.6 is 0 Å². The lowest BCUT2D eigenvalue weighted by atomic mass is 9.96. The van der Waals surface area contributed by atoms with E-state index in [0.29, 0.717) is 11.3 Å². The van der Waals surface area contributed by atoms with Gasteiger partial charge in [0.15, 0.2) is 0 Å². The zero-order valence-corrected chi connectivity index (χ0v) is 14.0. The van der Waals surface area contributed by atoms with Gasteiger partial charge in [-0.3, -0.25) is 14.4 Å². The van der Waals surface area contributed by atoms with Gasteiger partial charge in [0.25, 0.3) is 0 Å². The summed E-state index contributed by atoms with van der Waals surface area (Å²) >= 11 is 0. The van der Waals surface area contributed by atoms with Gasteiger partial charge in [-0.2, -0.15) is 0 Å². The molecule has 1 aliphatic rings. The lowest BCUT2D eigenvalue weighted by Crippen LogP contribution is -2.47. The average molecular weight is 332 g/mol. The normalized spacial score (nSPS) is 17.1. The van der Waals surface area contributed by atoms with Crippen molar-refractivity contribution < 1.29 is 19.5 Å². The van der Waals surface area contributed by atoms with Gasteiger partial charge in [-0.1, -0.05) is 25.0 Å². The van der Waals surface area contributed by atoms with E-state index >= 15 is 0 Å². The second-order valence-electron chi connectivity index (χ2n) is 6.40. The van der Waals surface area contributed by atoms with Gasteiger partial charge in [-0.15, -0.1) is 0 Å². The quantitative estimate of drug-likeness (QED) is 0.746. The molecule has 1 fully saturated rings. The number of aliphatic carboxylic acids is 1. The summed E-state index contributed by atoms with van der Waals surface area (Å²) in [5.41, 5.74) is 1.16. The highest BCUT2D eigenvalue weighted by molar-refractivity contribution is 5.97. The van der Waals surface area contributed by atoms with Gasteiger partial charge in [-0.25, -0.2) is 0 Å². The highest BCUT2D eigenvalue weighted by Crippen LogP contribution is 2.28. The molecule has 2 atom stereocenters. The Balaban J connectivity index is 2.12. The Morgan fingerprint density at radius 3 is 2.46 bits per heavy atom. The van der Waals surface area contributed by atoms with Crippen molar-refractivity contribution in [2.24, 2.45) is 5.92 Å². The molecular formula is C18H24N2O4. The van der Waals surface area contributed by atoms with Crippen molar-refractivity contribution in [3.63, 3.8) is 0 Å². The predicted octanol–water partition coefficient (Wildman–Crippen LogP) is 2.51. The summed E-state index contributed by atoms with van der Waals surface area (Å²) in [6, 6.07) is 6.26. The minimum absolute atomic E-state index is 0.148. The molecule has 1 saturated carbocycles. The van der Waals surface area contributed by atoms with Crippen LogP contribution in [0, 0.1) is 5.92 Å². The lowest BCUT2D eigenvalue weighted by Gasteiger charge is -2.23. The van der Waals surface area contributed by atoms with Crippen LogP contribution in [0.15, 0.2) is 24.3 Å². The van der Waals surface area contributed by atoms with Crippen LogP contribution in [0.2, 0.25) is 0 Å². The lowest BCUT2D eigenvalue weighted by molar-refractivity contribution is -0.138. The summed E-state index contributed by atoms with van der Waals surface area (Å²) in [6.45, 7) is 3.01. The fraction of sp³-hybridized carbons (Fsp3) is 0.500. The van der Waals surface area contributed by atoms with Crippen LogP contribution in [0.1, 0.15) is 51.0 Å². The first-order chi connectivity index (χ1) is 11.4. The van der Waals surface area contributed by atoms with E-state index in [1.54, 1.807) is 31.2 Å². The molecule has 1 aromatic rings. The Morgan fingerprint density at radius 1 is 1.21 bits per heavy atom. The van der Waals surface area contributed by atoms with Crippen LogP contribution in [-0.2, 0) is 14.4 Å². The number of benzene rings is 1. The van der Waals surface area contributed by atoms with E-state index in [0.717, 1.165) is 25.7 Å². The number of nitrogens with one attached hydrogen (secondary N) is 2. The van der Waals surface area contributed by atoms with Gasteiger partial charge >= 0.3 is 5.97 Å². The molecule has 130 valence electrons. The van der Waals surface area contributed by atoms with Gasteiger partial charge < -0.3 is 15.7 Å². The van der Waals surface area contributed by atoms with Crippen LogP contribution in [0.5, 0.6) is 0 Å². The molecule has 0 aromatic heterocycles. The second-order valence-corrected chi connectivity index (χ2v) is 6.40. The minimum atomic E-state index is -0.916. The Labute approximate surface area is 141 Å². The van der Waals surface area contributed by atoms with Crippen molar-refractivity contribution in [1.82, 2.24) is 5.32 Å². The number of amides is 2. The number of hydrogen-bond donors (Lipinski definition) is 3. The molecule has 0 heterocycles. The average Bonchev–Trinajstić information content (AvgIpc) is 3.05. The number of rotatable bonds is 6. The minimum Gasteiger partial charge on any atom is -0.481 e. The molecule has 6 nitrogen and oxygen atoms in total. The van der Waals surface area contributed by atoms with E-state index in [1.807, 2.05) is 0 Å². The molecule has 0 spiro atoms. The third kappa shape index (κ3) is 4.57. The van der Waals surface area contributed by atoms with E-state index in [2.05, 4.69) is 10.6 Å². The summed E-state index contributed by atoms with van der Waals surface area (Å²) in [5, 5.41) is 14.7. The summed E-state index contributed by atoms with van der Waals surface area (Å²) in [6.07, 6.45) is 3.99. The van der Waals surface area contributed by atoms with E-state index in [4.69, 9.17) is 5.11 Å². The molecular weight excluding hydrogens is 308 g/mol. The monoisotopic (exact) mass is 332 g/mol. The first kappa shape index (κ1) is 18.0. The number of carbonyl (C=O) groups is 3. The smallest absolute Gasteiger partial charge is 0.310 e. The van der Waals surface area contributed by atoms with Crippen molar-refractivity contribution in [1.29, 1.82) is 0 Å². The van der Waals surface area contributed by atoms with Gasteiger partial charge in [0.05, 0.1) is 5.92 Å². The van der Waals surface area contributed by atoms with Crippen LogP contribution in [0.25, 0.3) is 0 Å². The molecule has 0 bridgehead atoms. The van der Waals surface area contributed by atoms with E-state index in [-0.39, 0.29) is 17.7 Å². The first-order valence-electron chi connectivity index (χ1n) is 8.29. The third-order valence-electron chi connectivity index (χ3n) is 4.54. The van der Waals surface area contributed by atoms with Crippen molar-refractivity contribution in [2.75, 3.05) is 5.32 Å². The van der Waals surface area contributed by atoms with E-state index in [1.165, 1.54) is 6.92 Å². The van der Waals surface area contributed by atoms with Crippen LogP contribution in [0.3, 0.4) is 0 Å². The zero-order valence-electron chi connectivity index (χ0n) is 14.0. The van der Waals surface area contributed by atoms with E-state index in [9.17, 15) is 14.4 Å². The Bertz CT molecular complexity index is 623. The number of carbonyl (C=O) groups excluding carboxylic acids is 2. The largest absolute Gasteiger partial charge is 0.481 e. The van der Waals surface area contributed by atoms with Crippen molar-refractivity contribution in [3.05, 3.63) is 29.8 Å². The standard InChI is InChI=1S/C18H24N2O4/c1-11(18(23)24)14-8-5-9-15(10-14)20-17(22)16(19-12(2)21)13-6-3-4-7-13/h5,8-11,13,16H,3-4,6-7H2,1-2H3,(H,19,21)(H,20,22)(H,23,24). The molecule has 3 N–H and O–H groups in total. The van der Waals surface area contributed by atoms with Crippen molar-refractivity contribution in [2.45, 2.75) is 51.5 Å². The SMILES string of the molecule is CC(=O)NC(C(=O)Nc1cccc(C(C)C(=O)O)c1)C1CCCC1. The molecule has 24 heavy (non-hydrogen) atoms. The highest BCUT2D eigenvalue weighted by atomic mass is 16.4. The fourth-order valence-corrected chi connectivity index (χ4v) is 3.16. The van der Waals surface area contributed by atoms with Gasteiger partial charge in [0, 0.05) is 12.6 Å². The van der Waals surface area contributed by atoms with Crippen LogP contribution in [0.4, 0.5) is 5.69 Å². The number of carboxylic acids is 1. The summed E-state index contributed by atoms with van der Waals surface area (Å²) < 4.78 is 0. The van der Waals surface area contributed by atoms with Gasteiger partial charge in [0.1, 0.15) is 6.04 Å². The molecule has 2 unspecified atom stereocenters. The van der Waals surface area contributed by atoms with Gasteiger partial charge in [0.2, 0.25) is 11.8 Å². The predicted molar refractivity (Wildman–Crippen MR) is 90.7 cm³/mol. The van der Waals surface area contributed by atoms with Crippen LogP contribution in [-0.4, -0.2) is 28.9 Å². The summed E-state index contributed by atoms with van der Waals surface area (Å²) in [7, 11) is 0. The molecule has 0 aliphatic heterocycles. The van der Waals surface area contributed by atoms with Crippen LogP contribution < -0.4 is 10.6 Å². The summed E-state index contributed by atoms with van der Waals surface area (Å²) in [5.74, 6) is -1.90. The maximum atomic E-state index is 12.6. The fourth-order valence-electron chi connectivity index (χ4n) is 3.16. The Hall–Kier alpha value is -2.37. The summed E-state index contributed by atoms with van der Waals surface area (Å²) in [4.78, 5) is 35.1. The molecule has 0 saturated heterocycles.